The minimum Gasteiger partial charge on any atom is -0.517 e. The molecule has 0 aliphatic rings. The van der Waals surface area contributed by atoms with Crippen molar-refractivity contribution in [3.05, 3.63) is 89.5 Å². The van der Waals surface area contributed by atoms with E-state index in [1.165, 1.54) is 11.6 Å². The van der Waals surface area contributed by atoms with Gasteiger partial charge in [0, 0.05) is 23.9 Å². The molecule has 0 spiro atoms. The van der Waals surface area contributed by atoms with E-state index in [2.05, 4.69) is 0 Å². The molecule has 32 heavy (non-hydrogen) atoms. The smallest absolute Gasteiger partial charge is 0.317 e. The second kappa shape index (κ2) is 11.0. The Kier molecular flexibility index (Phi) is 7.83. The number of ether oxygens (including phenoxy) is 1. The number of benzene rings is 3. The summed E-state index contributed by atoms with van der Waals surface area (Å²) in [6.07, 6.45) is 3.95. The van der Waals surface area contributed by atoms with Crippen LogP contribution in [-0.4, -0.2) is 21.7 Å². The largest absolute Gasteiger partial charge is 0.517 e. The highest BCUT2D eigenvalue weighted by Crippen LogP contribution is 2.15. The zero-order valence-corrected chi connectivity index (χ0v) is 19.3. The molecule has 3 rings (SSSR count). The summed E-state index contributed by atoms with van der Waals surface area (Å²) in [4.78, 5) is 24.1. The lowest BCUT2D eigenvalue weighted by atomic mass is 10.1. The first-order valence-corrected chi connectivity index (χ1v) is 11.5. The highest BCUT2D eigenvalue weighted by Gasteiger charge is 2.07. The van der Waals surface area contributed by atoms with Gasteiger partial charge in [0.05, 0.1) is 0 Å². The molecular formula is C25H26N2O4Si. The lowest BCUT2D eigenvalue weighted by Crippen LogP contribution is -2.23. The van der Waals surface area contributed by atoms with Crippen molar-refractivity contribution >= 4 is 44.3 Å². The SMILES string of the molecule is Cc1ccc(CCC(=O)Oc2ccc(/C=C/C(=O)O[SiH2]c3ccc(N)cc3N)cc2)cc1. The van der Waals surface area contributed by atoms with E-state index >= 15 is 0 Å². The number of hydrogen-bond donors (Lipinski definition) is 2. The molecule has 0 aliphatic carbocycles. The van der Waals surface area contributed by atoms with Gasteiger partial charge in [-0.2, -0.15) is 0 Å². The van der Waals surface area contributed by atoms with Gasteiger partial charge in [-0.15, -0.1) is 0 Å². The van der Waals surface area contributed by atoms with Crippen LogP contribution >= 0.6 is 0 Å². The molecule has 0 saturated heterocycles. The summed E-state index contributed by atoms with van der Waals surface area (Å²) in [5.41, 5.74) is 15.7. The molecule has 0 aliphatic heterocycles. The maximum Gasteiger partial charge on any atom is 0.317 e. The second-order valence-corrected chi connectivity index (χ2v) is 8.77. The third-order valence-corrected chi connectivity index (χ3v) is 6.19. The fourth-order valence-electron chi connectivity index (χ4n) is 2.94. The van der Waals surface area contributed by atoms with Gasteiger partial charge in [0.25, 0.3) is 9.76 Å². The predicted molar refractivity (Wildman–Crippen MR) is 130 cm³/mol. The van der Waals surface area contributed by atoms with Crippen molar-refractivity contribution in [1.82, 2.24) is 0 Å². The molecule has 3 aromatic carbocycles. The van der Waals surface area contributed by atoms with Gasteiger partial charge in [-0.3, -0.25) is 4.79 Å². The van der Waals surface area contributed by atoms with Crippen LogP contribution in [0.25, 0.3) is 6.08 Å². The van der Waals surface area contributed by atoms with Crippen molar-refractivity contribution in [2.24, 2.45) is 0 Å². The van der Waals surface area contributed by atoms with Crippen LogP contribution in [0.2, 0.25) is 0 Å². The summed E-state index contributed by atoms with van der Waals surface area (Å²) in [6.45, 7) is 2.03. The number of anilines is 2. The van der Waals surface area contributed by atoms with Crippen molar-refractivity contribution in [2.75, 3.05) is 11.5 Å². The van der Waals surface area contributed by atoms with Gasteiger partial charge in [-0.05, 0) is 60.0 Å². The monoisotopic (exact) mass is 446 g/mol. The van der Waals surface area contributed by atoms with Crippen LogP contribution in [0.15, 0.2) is 72.8 Å². The second-order valence-electron chi connectivity index (χ2n) is 7.43. The van der Waals surface area contributed by atoms with E-state index in [0.717, 1.165) is 16.3 Å². The molecule has 7 heteroatoms. The Bertz CT molecular complexity index is 1110. The van der Waals surface area contributed by atoms with E-state index in [4.69, 9.17) is 20.6 Å². The lowest BCUT2D eigenvalue weighted by molar-refractivity contribution is -0.134. The van der Waals surface area contributed by atoms with Gasteiger partial charge in [0.1, 0.15) is 5.75 Å². The van der Waals surface area contributed by atoms with Crippen LogP contribution in [0.4, 0.5) is 11.4 Å². The Hall–Kier alpha value is -3.84. The van der Waals surface area contributed by atoms with Gasteiger partial charge in [-0.1, -0.05) is 48.0 Å². The lowest BCUT2D eigenvalue weighted by Gasteiger charge is -2.06. The fourth-order valence-corrected chi connectivity index (χ4v) is 3.81. The minimum absolute atomic E-state index is 0.288. The molecule has 0 fully saturated rings. The van der Waals surface area contributed by atoms with Crippen molar-refractivity contribution in [3.63, 3.8) is 0 Å². The number of rotatable bonds is 8. The molecule has 164 valence electrons. The van der Waals surface area contributed by atoms with E-state index in [9.17, 15) is 9.59 Å². The summed E-state index contributed by atoms with van der Waals surface area (Å²) < 4.78 is 10.7. The van der Waals surface area contributed by atoms with Gasteiger partial charge >= 0.3 is 11.9 Å². The maximum atomic E-state index is 12.1. The first-order chi connectivity index (χ1) is 15.4. The number of carbonyl (C=O) groups excluding carboxylic acids is 2. The first kappa shape index (κ1) is 22.8. The summed E-state index contributed by atoms with van der Waals surface area (Å²) in [7, 11) is -1.29. The average molecular weight is 447 g/mol. The summed E-state index contributed by atoms with van der Waals surface area (Å²) in [5.74, 6) is -0.256. The minimum atomic E-state index is -1.29. The van der Waals surface area contributed by atoms with Gasteiger partial charge in [0.2, 0.25) is 0 Å². The summed E-state index contributed by atoms with van der Waals surface area (Å²) in [6, 6.07) is 20.2. The fraction of sp³-hybridized carbons (Fsp3) is 0.120. The standard InChI is InChI=1S/C25H26N2O4Si/c1-17-2-4-18(5-3-17)8-14-24(28)30-21-11-6-19(7-12-21)9-15-25(29)31-32-23-13-10-20(26)16-22(23)27/h2-7,9-13,15-16H,8,14,26-27,32H2,1H3/b15-9+. The van der Waals surface area contributed by atoms with E-state index in [0.29, 0.717) is 30.0 Å². The van der Waals surface area contributed by atoms with E-state index < -0.39 is 15.7 Å². The van der Waals surface area contributed by atoms with Crippen LogP contribution in [0.1, 0.15) is 23.1 Å². The van der Waals surface area contributed by atoms with Crippen molar-refractivity contribution < 1.29 is 18.8 Å². The molecule has 0 unspecified atom stereocenters. The molecule has 0 aromatic heterocycles. The molecular weight excluding hydrogens is 420 g/mol. The average Bonchev–Trinajstić information content (AvgIpc) is 2.77. The Morgan fingerprint density at radius 2 is 1.69 bits per heavy atom. The van der Waals surface area contributed by atoms with Crippen LogP contribution in [0.3, 0.4) is 0 Å². The summed E-state index contributed by atoms with van der Waals surface area (Å²) >= 11 is 0. The molecule has 3 aromatic rings. The van der Waals surface area contributed by atoms with Crippen molar-refractivity contribution in [2.45, 2.75) is 19.8 Å². The van der Waals surface area contributed by atoms with Crippen LogP contribution in [0.5, 0.6) is 5.75 Å². The molecule has 4 N–H and O–H groups in total. The summed E-state index contributed by atoms with van der Waals surface area (Å²) in [5, 5.41) is 0.828. The topological polar surface area (TPSA) is 105 Å². The molecule has 6 nitrogen and oxygen atoms in total. The number of nitrogens with two attached hydrogens (primary N) is 2. The van der Waals surface area contributed by atoms with E-state index in [1.807, 2.05) is 31.2 Å². The molecule has 0 saturated carbocycles. The normalized spacial score (nSPS) is 11.2. The zero-order chi connectivity index (χ0) is 22.9. The Morgan fingerprint density at radius 3 is 2.38 bits per heavy atom. The van der Waals surface area contributed by atoms with Crippen LogP contribution in [0, 0.1) is 6.92 Å². The highest BCUT2D eigenvalue weighted by molar-refractivity contribution is 6.51. The molecule has 0 atom stereocenters. The van der Waals surface area contributed by atoms with Crippen LogP contribution in [-0.2, 0) is 20.4 Å². The number of carbonyl (C=O) groups is 2. The Morgan fingerprint density at radius 1 is 0.969 bits per heavy atom. The molecule has 0 heterocycles. The van der Waals surface area contributed by atoms with Crippen molar-refractivity contribution in [3.8, 4) is 5.75 Å². The zero-order valence-electron chi connectivity index (χ0n) is 17.9. The maximum absolute atomic E-state index is 12.1. The van der Waals surface area contributed by atoms with Gasteiger partial charge in [-0.25, -0.2) is 4.79 Å². The number of esters is 1. The third-order valence-electron chi connectivity index (χ3n) is 4.80. The van der Waals surface area contributed by atoms with Gasteiger partial charge in [0.15, 0.2) is 0 Å². The van der Waals surface area contributed by atoms with Crippen LogP contribution < -0.4 is 21.4 Å². The number of nitrogen functional groups attached to an aromatic ring is 2. The highest BCUT2D eigenvalue weighted by atomic mass is 28.2. The quantitative estimate of drug-likeness (QED) is 0.181. The Balaban J connectivity index is 1.44. The molecule has 0 bridgehead atoms. The van der Waals surface area contributed by atoms with Crippen molar-refractivity contribution in [1.29, 1.82) is 0 Å². The predicted octanol–water partition coefficient (Wildman–Crippen LogP) is 2.66. The molecule has 0 amide bonds. The number of aryl methyl sites for hydroxylation is 2. The first-order valence-electron chi connectivity index (χ1n) is 10.2. The Labute approximate surface area is 189 Å². The number of hydrogen-bond acceptors (Lipinski definition) is 6. The molecule has 0 radical (unpaired) electrons. The van der Waals surface area contributed by atoms with E-state index in [1.54, 1.807) is 48.5 Å². The van der Waals surface area contributed by atoms with E-state index in [-0.39, 0.29) is 5.97 Å². The third kappa shape index (κ3) is 7.14. The van der Waals surface area contributed by atoms with Gasteiger partial charge < -0.3 is 20.6 Å².